The third kappa shape index (κ3) is 6.98. The summed E-state index contributed by atoms with van der Waals surface area (Å²) in [7, 11) is 0. The van der Waals surface area contributed by atoms with Gasteiger partial charge in [-0.3, -0.25) is 0 Å². The summed E-state index contributed by atoms with van der Waals surface area (Å²) >= 11 is 0. The lowest BCUT2D eigenvalue weighted by Gasteiger charge is -2.59. The minimum atomic E-state index is -0.716. The highest BCUT2D eigenvalue weighted by atomic mass is 16.5. The second-order valence-corrected chi connectivity index (χ2v) is 20.3. The molecule has 6 heteroatoms. The Morgan fingerprint density at radius 3 is 1.30 bits per heavy atom. The summed E-state index contributed by atoms with van der Waals surface area (Å²) in [5, 5.41) is 16.4. The normalized spacial score (nSPS) is 46.5. The van der Waals surface area contributed by atoms with Gasteiger partial charge in [0.15, 0.2) is 0 Å². The SMILES string of the molecule is [N-]=[N+]=N[C@H]1C(O)C2CC3CC4CC5CC6CC7CC8CCCCC8CC7CC6CC5CC4CC3CC2[C@H](OCc2ccccc2)[C@H]1OCc1ccccc1. The highest BCUT2D eigenvalue weighted by Gasteiger charge is 2.57. The molecule has 0 saturated heterocycles. The Balaban J connectivity index is 0.848. The van der Waals surface area contributed by atoms with Gasteiger partial charge in [0.2, 0.25) is 0 Å². The van der Waals surface area contributed by atoms with Crippen molar-refractivity contribution in [3.63, 3.8) is 0 Å². The van der Waals surface area contributed by atoms with E-state index in [0.29, 0.717) is 25.0 Å². The molecule has 6 nitrogen and oxygen atoms in total. The molecule has 0 spiro atoms. The van der Waals surface area contributed by atoms with Gasteiger partial charge >= 0.3 is 0 Å². The molecule has 0 aromatic heterocycles. The molecular weight excluding hydrogens is 667 g/mol. The number of benzene rings is 2. The monoisotopic (exact) mass is 732 g/mol. The molecule has 0 radical (unpaired) electrons. The Morgan fingerprint density at radius 1 is 0.500 bits per heavy atom. The van der Waals surface area contributed by atoms with Crippen LogP contribution in [0.5, 0.6) is 0 Å². The van der Waals surface area contributed by atoms with E-state index in [1.54, 1.807) is 25.7 Å². The summed E-state index contributed by atoms with van der Waals surface area (Å²) in [5.41, 5.74) is 12.0. The minimum Gasteiger partial charge on any atom is -0.392 e. The number of ether oxygens (including phenoxy) is 2. The first-order chi connectivity index (χ1) is 26.6. The van der Waals surface area contributed by atoms with Crippen molar-refractivity contribution in [2.24, 2.45) is 88.0 Å². The van der Waals surface area contributed by atoms with E-state index in [2.05, 4.69) is 46.4 Å². The molecule has 8 fully saturated rings. The van der Waals surface area contributed by atoms with Gasteiger partial charge in [-0.15, -0.1) is 0 Å². The van der Waals surface area contributed by atoms with Crippen molar-refractivity contribution in [3.8, 4) is 0 Å². The quantitative estimate of drug-likeness (QED) is 0.175. The molecule has 0 bridgehead atoms. The van der Waals surface area contributed by atoms with E-state index >= 15 is 0 Å². The van der Waals surface area contributed by atoms with Crippen molar-refractivity contribution in [3.05, 3.63) is 82.2 Å². The number of fused-ring (bicyclic) bond motifs is 7. The van der Waals surface area contributed by atoms with Crippen LogP contribution in [0.25, 0.3) is 10.4 Å². The molecule has 8 saturated carbocycles. The predicted molar refractivity (Wildman–Crippen MR) is 212 cm³/mol. The molecule has 18 atom stereocenters. The van der Waals surface area contributed by atoms with E-state index in [1.807, 2.05) is 24.3 Å². The molecule has 54 heavy (non-hydrogen) atoms. The average molecular weight is 732 g/mol. The van der Waals surface area contributed by atoms with Gasteiger partial charge in [-0.05, 0) is 177 Å². The molecule has 0 heterocycles. The molecular formula is C48H65N3O3. The molecule has 0 aliphatic heterocycles. The van der Waals surface area contributed by atoms with E-state index in [-0.39, 0.29) is 17.9 Å². The van der Waals surface area contributed by atoms with E-state index in [4.69, 9.17) is 9.47 Å². The standard InChI is InChI=1S/C48H65N3O3/c49-51-50-45-46(52)43-25-41-23-39-21-37-19-35-17-33-15-31-13-7-8-14-32(31)16-34(33)18-36(35)20-38(37)22-40(39)24-42(41)26-44(43)47(53-27-29-9-3-1-4-10-29)48(45)54-28-30-11-5-2-6-12-30/h1-6,9-12,31-48,52H,7-8,13-28H2/t31?,32?,33?,34?,35?,36?,37?,38?,39?,40?,41?,42?,43?,44?,45-,46?,47-,48-/m0/s1. The lowest BCUT2D eigenvalue weighted by atomic mass is 9.48. The van der Waals surface area contributed by atoms with Crippen LogP contribution in [0.4, 0.5) is 0 Å². The van der Waals surface area contributed by atoms with E-state index in [9.17, 15) is 10.6 Å². The Kier molecular flexibility index (Phi) is 10.3. The molecule has 10 rings (SSSR count). The summed E-state index contributed by atoms with van der Waals surface area (Å²) in [6.45, 7) is 0.896. The lowest BCUT2D eigenvalue weighted by Crippen LogP contribution is -2.62. The molecule has 2 aromatic rings. The van der Waals surface area contributed by atoms with Crippen LogP contribution in [-0.4, -0.2) is 29.5 Å². The van der Waals surface area contributed by atoms with Gasteiger partial charge in [-0.25, -0.2) is 0 Å². The molecule has 8 aliphatic carbocycles. The van der Waals surface area contributed by atoms with Crippen LogP contribution in [0.15, 0.2) is 65.8 Å². The van der Waals surface area contributed by atoms with Gasteiger partial charge in [0, 0.05) is 4.91 Å². The van der Waals surface area contributed by atoms with Crippen molar-refractivity contribution in [2.45, 2.75) is 140 Å². The topological polar surface area (TPSA) is 87.5 Å². The number of hydrogen-bond donors (Lipinski definition) is 1. The van der Waals surface area contributed by atoms with Gasteiger partial charge in [0.05, 0.1) is 37.6 Å². The van der Waals surface area contributed by atoms with Crippen molar-refractivity contribution < 1.29 is 14.6 Å². The molecule has 290 valence electrons. The third-order valence-electron chi connectivity index (χ3n) is 17.8. The minimum absolute atomic E-state index is 0.0665. The van der Waals surface area contributed by atoms with Crippen LogP contribution >= 0.6 is 0 Å². The molecule has 8 aliphatic rings. The van der Waals surface area contributed by atoms with Gasteiger partial charge < -0.3 is 14.6 Å². The van der Waals surface area contributed by atoms with Crippen molar-refractivity contribution >= 4 is 0 Å². The van der Waals surface area contributed by atoms with Crippen LogP contribution in [-0.2, 0) is 22.7 Å². The highest BCUT2D eigenvalue weighted by molar-refractivity contribution is 5.16. The summed E-state index contributed by atoms with van der Waals surface area (Å²) in [4.78, 5) is 3.28. The van der Waals surface area contributed by atoms with Crippen molar-refractivity contribution in [1.82, 2.24) is 0 Å². The highest BCUT2D eigenvalue weighted by Crippen LogP contribution is 2.62. The number of hydrogen-bond acceptors (Lipinski definition) is 4. The first kappa shape index (κ1) is 36.0. The van der Waals surface area contributed by atoms with Gasteiger partial charge in [-0.2, -0.15) is 0 Å². The smallest absolute Gasteiger partial charge is 0.0954 e. The zero-order valence-corrected chi connectivity index (χ0v) is 32.5. The summed E-state index contributed by atoms with van der Waals surface area (Å²) in [6, 6.07) is 20.0. The third-order valence-corrected chi connectivity index (χ3v) is 17.8. The van der Waals surface area contributed by atoms with Crippen molar-refractivity contribution in [2.75, 3.05) is 0 Å². The fraction of sp³-hybridized carbons (Fsp3) is 0.750. The number of rotatable bonds is 7. The predicted octanol–water partition coefficient (Wildman–Crippen LogP) is 11.2. The van der Waals surface area contributed by atoms with E-state index in [1.165, 1.54) is 64.2 Å². The van der Waals surface area contributed by atoms with Crippen LogP contribution in [0.1, 0.15) is 114 Å². The van der Waals surface area contributed by atoms with E-state index in [0.717, 1.165) is 83.1 Å². The second-order valence-electron chi connectivity index (χ2n) is 20.3. The van der Waals surface area contributed by atoms with Gasteiger partial charge in [0.1, 0.15) is 0 Å². The fourth-order valence-corrected chi connectivity index (χ4v) is 15.4. The van der Waals surface area contributed by atoms with Crippen LogP contribution in [0.2, 0.25) is 0 Å². The van der Waals surface area contributed by atoms with Crippen LogP contribution in [0.3, 0.4) is 0 Å². The molecule has 1 N–H and O–H groups in total. The zero-order chi connectivity index (χ0) is 36.2. The maximum absolute atomic E-state index is 12.1. The fourth-order valence-electron chi connectivity index (χ4n) is 15.4. The molecule has 15 unspecified atom stereocenters. The summed E-state index contributed by atoms with van der Waals surface area (Å²) < 4.78 is 13.6. The summed E-state index contributed by atoms with van der Waals surface area (Å²) in [6.07, 6.45) is 21.8. The largest absolute Gasteiger partial charge is 0.392 e. The second kappa shape index (κ2) is 15.5. The molecule has 0 amide bonds. The first-order valence-electron chi connectivity index (χ1n) is 22.6. The maximum Gasteiger partial charge on any atom is 0.0954 e. The summed E-state index contributed by atoms with van der Waals surface area (Å²) in [5.74, 6) is 11.5. The van der Waals surface area contributed by atoms with Crippen LogP contribution < -0.4 is 0 Å². The zero-order valence-electron chi connectivity index (χ0n) is 32.5. The number of nitrogens with zero attached hydrogens (tertiary/aromatic N) is 3. The Hall–Kier alpha value is -2.37. The maximum atomic E-state index is 12.1. The Morgan fingerprint density at radius 2 is 0.870 bits per heavy atom. The Labute approximate surface area is 324 Å². The first-order valence-corrected chi connectivity index (χ1v) is 22.6. The average Bonchev–Trinajstić information content (AvgIpc) is 3.20. The van der Waals surface area contributed by atoms with Crippen LogP contribution in [0, 0.1) is 82.9 Å². The van der Waals surface area contributed by atoms with E-state index < -0.39 is 18.2 Å². The Bertz CT molecular complexity index is 1620. The van der Waals surface area contributed by atoms with Gasteiger partial charge in [0.25, 0.3) is 0 Å². The number of aliphatic hydroxyl groups is 1. The molecule has 2 aromatic carbocycles. The van der Waals surface area contributed by atoms with Gasteiger partial charge in [-0.1, -0.05) is 91.5 Å². The van der Waals surface area contributed by atoms with Crippen molar-refractivity contribution in [1.29, 1.82) is 0 Å². The number of aliphatic hydroxyl groups excluding tert-OH is 1. The number of azide groups is 1. The lowest BCUT2D eigenvalue weighted by molar-refractivity contribution is -0.200.